The number of rotatable bonds is 6. The van der Waals surface area contributed by atoms with Gasteiger partial charge in [-0.1, -0.05) is 30.0 Å². The van der Waals surface area contributed by atoms with Gasteiger partial charge in [0.1, 0.15) is 0 Å². The van der Waals surface area contributed by atoms with Crippen LogP contribution in [-0.4, -0.2) is 29.9 Å². The van der Waals surface area contributed by atoms with E-state index in [2.05, 4.69) is 5.32 Å². The van der Waals surface area contributed by atoms with Gasteiger partial charge in [-0.05, 0) is 55.0 Å². The smallest absolute Gasteiger partial charge is 0.270 e. The van der Waals surface area contributed by atoms with E-state index in [1.165, 1.54) is 23.6 Å². The fourth-order valence-electron chi connectivity index (χ4n) is 2.79. The number of thioether (sulfide) groups is 1. The molecule has 0 atom stereocenters. The Labute approximate surface area is 178 Å². The Morgan fingerprint density at radius 2 is 1.93 bits per heavy atom. The molecule has 1 fully saturated rings. The zero-order valence-electron chi connectivity index (χ0n) is 16.2. The number of ether oxygens (including phenoxy) is 2. The molecule has 2 aromatic rings. The molecule has 8 heteroatoms. The highest BCUT2D eigenvalue weighted by Gasteiger charge is 2.33. The van der Waals surface area contributed by atoms with Crippen molar-refractivity contribution in [2.45, 2.75) is 13.8 Å². The number of carbonyl (C=O) groups is 2. The summed E-state index contributed by atoms with van der Waals surface area (Å²) in [5, 5.41) is 2.70. The number of amides is 2. The van der Waals surface area contributed by atoms with Gasteiger partial charge in [0.25, 0.3) is 5.91 Å². The van der Waals surface area contributed by atoms with Gasteiger partial charge in [-0.2, -0.15) is 0 Å². The molecular weight excluding hydrogens is 408 g/mol. The standard InChI is InChI=1S/C21H20N2O4S2/c1-4-27-17-10-5-14(11-18(17)26-3)12-19-20(25)23(21(28)29-19)16-8-6-15(7-9-16)22-13(2)24/h5-12H,4H2,1-3H3,(H,22,24)/b19-12-. The number of anilines is 2. The number of thiocarbonyl (C=S) groups is 1. The molecule has 2 aromatic carbocycles. The fourth-order valence-corrected chi connectivity index (χ4v) is 4.09. The summed E-state index contributed by atoms with van der Waals surface area (Å²) >= 11 is 6.65. The van der Waals surface area contributed by atoms with Crippen LogP contribution in [0.4, 0.5) is 11.4 Å². The van der Waals surface area contributed by atoms with Crippen molar-refractivity contribution in [3.8, 4) is 11.5 Å². The molecule has 1 saturated heterocycles. The molecule has 0 bridgehead atoms. The third-order valence-electron chi connectivity index (χ3n) is 4.02. The van der Waals surface area contributed by atoms with Crippen molar-refractivity contribution in [3.63, 3.8) is 0 Å². The second-order valence-corrected chi connectivity index (χ2v) is 7.76. The molecule has 0 spiro atoms. The largest absolute Gasteiger partial charge is 0.493 e. The lowest BCUT2D eigenvalue weighted by molar-refractivity contribution is -0.114. The highest BCUT2D eigenvalue weighted by atomic mass is 32.2. The number of methoxy groups -OCH3 is 1. The van der Waals surface area contributed by atoms with Crippen LogP contribution in [0.15, 0.2) is 47.4 Å². The molecule has 3 rings (SSSR count). The van der Waals surface area contributed by atoms with E-state index in [1.807, 2.05) is 25.1 Å². The first-order valence-corrected chi connectivity index (χ1v) is 10.1. The Morgan fingerprint density at radius 3 is 2.55 bits per heavy atom. The SMILES string of the molecule is CCOc1ccc(/C=C2\SC(=S)N(c3ccc(NC(C)=O)cc3)C2=O)cc1OC. The topological polar surface area (TPSA) is 67.9 Å². The fraction of sp³-hybridized carbons (Fsp3) is 0.190. The first-order chi connectivity index (χ1) is 13.9. The minimum atomic E-state index is -0.194. The Morgan fingerprint density at radius 1 is 1.21 bits per heavy atom. The quantitative estimate of drug-likeness (QED) is 0.541. The number of benzene rings is 2. The first-order valence-electron chi connectivity index (χ1n) is 8.89. The molecule has 0 saturated carbocycles. The van der Waals surface area contributed by atoms with Crippen LogP contribution in [0.1, 0.15) is 19.4 Å². The van der Waals surface area contributed by atoms with Gasteiger partial charge in [-0.3, -0.25) is 14.5 Å². The minimum absolute atomic E-state index is 0.155. The lowest BCUT2D eigenvalue weighted by Gasteiger charge is -2.15. The summed E-state index contributed by atoms with van der Waals surface area (Å²) in [6.07, 6.45) is 1.78. The second kappa shape index (κ2) is 9.11. The minimum Gasteiger partial charge on any atom is -0.493 e. The van der Waals surface area contributed by atoms with E-state index < -0.39 is 0 Å². The molecule has 0 radical (unpaired) electrons. The van der Waals surface area contributed by atoms with Gasteiger partial charge in [0.15, 0.2) is 15.8 Å². The monoisotopic (exact) mass is 428 g/mol. The van der Waals surface area contributed by atoms with Crippen LogP contribution in [0.2, 0.25) is 0 Å². The number of hydrogen-bond acceptors (Lipinski definition) is 6. The zero-order valence-corrected chi connectivity index (χ0v) is 17.9. The van der Waals surface area contributed by atoms with Crippen LogP contribution in [0.3, 0.4) is 0 Å². The van der Waals surface area contributed by atoms with Gasteiger partial charge >= 0.3 is 0 Å². The van der Waals surface area contributed by atoms with Crippen molar-refractivity contribution in [3.05, 3.63) is 52.9 Å². The lowest BCUT2D eigenvalue weighted by Crippen LogP contribution is -2.27. The van der Waals surface area contributed by atoms with Crippen LogP contribution in [0, 0.1) is 0 Å². The van der Waals surface area contributed by atoms with Gasteiger partial charge in [0.05, 0.1) is 24.3 Å². The molecule has 0 unspecified atom stereocenters. The first kappa shape index (κ1) is 20.9. The van der Waals surface area contributed by atoms with E-state index >= 15 is 0 Å². The van der Waals surface area contributed by atoms with Crippen molar-refractivity contribution >= 4 is 57.6 Å². The Kier molecular flexibility index (Phi) is 6.56. The summed E-state index contributed by atoms with van der Waals surface area (Å²) in [4.78, 5) is 26.1. The Hall–Kier alpha value is -2.84. The maximum absolute atomic E-state index is 12.9. The molecule has 1 aliphatic rings. The average Bonchev–Trinajstić information content (AvgIpc) is 2.96. The molecule has 0 aromatic heterocycles. The summed E-state index contributed by atoms with van der Waals surface area (Å²) in [5.41, 5.74) is 2.12. The molecule has 1 N–H and O–H groups in total. The number of nitrogens with zero attached hydrogens (tertiary/aromatic N) is 1. The van der Waals surface area contributed by atoms with E-state index in [1.54, 1.807) is 37.5 Å². The van der Waals surface area contributed by atoms with Gasteiger partial charge in [0, 0.05) is 12.6 Å². The molecule has 2 amide bonds. The lowest BCUT2D eigenvalue weighted by atomic mass is 10.1. The highest BCUT2D eigenvalue weighted by molar-refractivity contribution is 8.27. The van der Waals surface area contributed by atoms with Crippen LogP contribution in [0.5, 0.6) is 11.5 Å². The van der Waals surface area contributed by atoms with E-state index in [4.69, 9.17) is 21.7 Å². The van der Waals surface area contributed by atoms with Crippen molar-refractivity contribution < 1.29 is 19.1 Å². The molecular formula is C21H20N2O4S2. The zero-order chi connectivity index (χ0) is 21.0. The summed E-state index contributed by atoms with van der Waals surface area (Å²) < 4.78 is 11.3. The predicted molar refractivity (Wildman–Crippen MR) is 121 cm³/mol. The van der Waals surface area contributed by atoms with E-state index in [0.717, 1.165) is 5.56 Å². The molecule has 0 aliphatic carbocycles. The molecule has 6 nitrogen and oxygen atoms in total. The third-order valence-corrected chi connectivity index (χ3v) is 5.33. The molecule has 1 aliphatic heterocycles. The maximum atomic E-state index is 12.9. The second-order valence-electron chi connectivity index (χ2n) is 6.09. The van der Waals surface area contributed by atoms with Crippen LogP contribution in [-0.2, 0) is 9.59 Å². The van der Waals surface area contributed by atoms with Gasteiger partial charge in [0.2, 0.25) is 5.91 Å². The highest BCUT2D eigenvalue weighted by Crippen LogP contribution is 2.37. The van der Waals surface area contributed by atoms with Crippen LogP contribution < -0.4 is 19.7 Å². The number of hydrogen-bond donors (Lipinski definition) is 1. The van der Waals surface area contributed by atoms with Crippen molar-refractivity contribution in [2.24, 2.45) is 0 Å². The Bertz CT molecular complexity index is 987. The molecule has 1 heterocycles. The van der Waals surface area contributed by atoms with Crippen LogP contribution >= 0.6 is 24.0 Å². The van der Waals surface area contributed by atoms with Crippen molar-refractivity contribution in [1.82, 2.24) is 0 Å². The third kappa shape index (κ3) is 4.78. The summed E-state index contributed by atoms with van der Waals surface area (Å²) in [6.45, 7) is 3.88. The number of carbonyl (C=O) groups excluding carboxylic acids is 2. The van der Waals surface area contributed by atoms with Gasteiger partial charge < -0.3 is 14.8 Å². The summed E-state index contributed by atoms with van der Waals surface area (Å²) in [5.74, 6) is 0.904. The normalized spacial score (nSPS) is 15.0. The van der Waals surface area contributed by atoms with E-state index in [9.17, 15) is 9.59 Å². The summed E-state index contributed by atoms with van der Waals surface area (Å²) in [7, 11) is 1.58. The van der Waals surface area contributed by atoms with Crippen LogP contribution in [0.25, 0.3) is 6.08 Å². The molecule has 150 valence electrons. The van der Waals surface area contributed by atoms with Crippen molar-refractivity contribution in [2.75, 3.05) is 23.9 Å². The van der Waals surface area contributed by atoms with Gasteiger partial charge in [-0.25, -0.2) is 0 Å². The van der Waals surface area contributed by atoms with E-state index in [-0.39, 0.29) is 11.8 Å². The van der Waals surface area contributed by atoms with Crippen molar-refractivity contribution in [1.29, 1.82) is 0 Å². The van der Waals surface area contributed by atoms with E-state index in [0.29, 0.717) is 38.7 Å². The van der Waals surface area contributed by atoms with Gasteiger partial charge in [-0.15, -0.1) is 0 Å². The Balaban J connectivity index is 1.84. The predicted octanol–water partition coefficient (Wildman–Crippen LogP) is 4.46. The summed E-state index contributed by atoms with van der Waals surface area (Å²) in [6, 6.07) is 12.5. The molecule has 29 heavy (non-hydrogen) atoms. The maximum Gasteiger partial charge on any atom is 0.270 e. The average molecular weight is 429 g/mol. The number of nitrogens with one attached hydrogen (secondary N) is 1.